The van der Waals surface area contributed by atoms with Gasteiger partial charge in [0.2, 0.25) is 5.76 Å². The molecule has 2 aromatic heterocycles. The van der Waals surface area contributed by atoms with Crippen LogP contribution in [-0.2, 0) is 6.42 Å². The third-order valence-electron chi connectivity index (χ3n) is 6.66. The third-order valence-corrected chi connectivity index (χ3v) is 6.66. The summed E-state index contributed by atoms with van der Waals surface area (Å²) in [6.07, 6.45) is 7.54. The second kappa shape index (κ2) is 7.80. The third kappa shape index (κ3) is 3.47. The maximum Gasteiger partial charge on any atom is 0.298 e. The molecule has 3 fully saturated rings. The first-order chi connectivity index (χ1) is 14.6. The van der Waals surface area contributed by atoms with Gasteiger partial charge in [0.1, 0.15) is 0 Å². The number of carbonyl (C=O) groups is 1. The number of nitrogens with zero attached hydrogens (tertiary/aromatic N) is 3. The lowest BCUT2D eigenvalue weighted by Gasteiger charge is -2.54. The van der Waals surface area contributed by atoms with Crippen molar-refractivity contribution in [2.24, 2.45) is 0 Å². The standard InChI is InChI=1S/C23H29N5O2/c1-3-6-16(9-15-11-24-20-8-5-4-7-19(15)20)26-22(29)21-12-25-23(30-21)28-13-17-10-18(14-28)27(17)2/h4-5,7-8,11-12,16-18,24H,3,6,9-10,13-14H2,1-2H3,(H,26,29). The molecule has 2 N–H and O–H groups in total. The number of piperazine rings is 1. The largest absolute Gasteiger partial charge is 0.418 e. The number of hydrogen-bond donors (Lipinski definition) is 2. The van der Waals surface area contributed by atoms with Gasteiger partial charge in [-0.25, -0.2) is 4.98 Å². The highest BCUT2D eigenvalue weighted by Gasteiger charge is 2.43. The highest BCUT2D eigenvalue weighted by atomic mass is 16.4. The van der Waals surface area contributed by atoms with Crippen LogP contribution in [0.1, 0.15) is 42.3 Å². The molecule has 7 heteroatoms. The number of nitrogens with one attached hydrogen (secondary N) is 2. The molecular formula is C23H29N5O2. The minimum atomic E-state index is -0.189. The lowest BCUT2D eigenvalue weighted by atomic mass is 9.89. The number of piperidine rings is 1. The van der Waals surface area contributed by atoms with Crippen molar-refractivity contribution in [3.63, 3.8) is 0 Å². The van der Waals surface area contributed by atoms with Crippen molar-refractivity contribution in [1.82, 2.24) is 20.2 Å². The molecule has 5 heterocycles. The Kier molecular flexibility index (Phi) is 4.98. The number of oxazole rings is 1. The predicted molar refractivity (Wildman–Crippen MR) is 117 cm³/mol. The van der Waals surface area contributed by atoms with Gasteiger partial charge in [-0.05, 0) is 37.9 Å². The first-order valence-electron chi connectivity index (χ1n) is 10.9. The van der Waals surface area contributed by atoms with E-state index < -0.39 is 0 Å². The second-order valence-corrected chi connectivity index (χ2v) is 8.64. The minimum absolute atomic E-state index is 0.0477. The zero-order chi connectivity index (χ0) is 20.7. The van der Waals surface area contributed by atoms with Crippen LogP contribution in [0.5, 0.6) is 0 Å². The lowest BCUT2D eigenvalue weighted by molar-refractivity contribution is 0.0244. The number of aromatic amines is 1. The Morgan fingerprint density at radius 1 is 1.33 bits per heavy atom. The Hall–Kier alpha value is -2.80. The monoisotopic (exact) mass is 407 g/mol. The molecule has 3 atom stereocenters. The second-order valence-electron chi connectivity index (χ2n) is 8.64. The molecular weight excluding hydrogens is 378 g/mol. The summed E-state index contributed by atoms with van der Waals surface area (Å²) in [5.41, 5.74) is 2.35. The molecule has 30 heavy (non-hydrogen) atoms. The Morgan fingerprint density at radius 2 is 2.13 bits per heavy atom. The smallest absolute Gasteiger partial charge is 0.298 e. The van der Waals surface area contributed by atoms with E-state index in [0.29, 0.717) is 18.1 Å². The fourth-order valence-corrected chi connectivity index (χ4v) is 4.87. The van der Waals surface area contributed by atoms with Gasteiger partial charge in [-0.15, -0.1) is 0 Å². The molecule has 1 aromatic carbocycles. The van der Waals surface area contributed by atoms with E-state index in [4.69, 9.17) is 4.42 Å². The quantitative estimate of drug-likeness (QED) is 0.629. The molecule has 6 rings (SSSR count). The topological polar surface area (TPSA) is 77.4 Å². The normalized spacial score (nSPS) is 22.1. The van der Waals surface area contributed by atoms with Crippen molar-refractivity contribution >= 4 is 22.8 Å². The summed E-state index contributed by atoms with van der Waals surface area (Å²) in [7, 11) is 2.17. The van der Waals surface area contributed by atoms with Crippen molar-refractivity contribution in [1.29, 1.82) is 0 Å². The lowest BCUT2D eigenvalue weighted by Crippen LogP contribution is -2.67. The summed E-state index contributed by atoms with van der Waals surface area (Å²) in [5, 5.41) is 4.38. The van der Waals surface area contributed by atoms with E-state index in [1.54, 1.807) is 6.20 Å². The molecule has 0 radical (unpaired) electrons. The highest BCUT2D eigenvalue weighted by molar-refractivity contribution is 5.91. The van der Waals surface area contributed by atoms with Crippen molar-refractivity contribution in [2.75, 3.05) is 25.0 Å². The maximum absolute atomic E-state index is 12.9. The van der Waals surface area contributed by atoms with Gasteiger partial charge >= 0.3 is 0 Å². The first kappa shape index (κ1) is 19.2. The zero-order valence-corrected chi connectivity index (χ0v) is 17.6. The van der Waals surface area contributed by atoms with E-state index in [1.807, 2.05) is 18.3 Å². The van der Waals surface area contributed by atoms with E-state index in [2.05, 4.69) is 51.2 Å². The van der Waals surface area contributed by atoms with Crippen LogP contribution in [0.2, 0.25) is 0 Å². The Bertz CT molecular complexity index is 1030. The summed E-state index contributed by atoms with van der Waals surface area (Å²) in [6, 6.07) is 10.0. The van der Waals surface area contributed by atoms with Crippen LogP contribution in [0.25, 0.3) is 10.9 Å². The molecule has 0 saturated carbocycles. The Balaban J connectivity index is 1.25. The van der Waals surface area contributed by atoms with Crippen molar-refractivity contribution in [3.8, 4) is 0 Å². The molecule has 1 amide bonds. The SMILES string of the molecule is CCCC(Cc1c[nH]c2ccccc12)NC(=O)c1cnc(N2CC3CC(C2)N3C)o1. The highest BCUT2D eigenvalue weighted by Crippen LogP contribution is 2.32. The number of aromatic nitrogens is 2. The van der Waals surface area contributed by atoms with Gasteiger partial charge in [0.25, 0.3) is 11.9 Å². The number of carbonyl (C=O) groups excluding carboxylic acids is 1. The average Bonchev–Trinajstić information content (AvgIpc) is 3.42. The zero-order valence-electron chi connectivity index (χ0n) is 17.6. The van der Waals surface area contributed by atoms with Gasteiger partial charge < -0.3 is 19.6 Å². The number of amides is 1. The van der Waals surface area contributed by atoms with E-state index in [-0.39, 0.29) is 17.7 Å². The molecule has 0 aliphatic carbocycles. The predicted octanol–water partition coefficient (Wildman–Crippen LogP) is 3.19. The molecule has 3 saturated heterocycles. The van der Waals surface area contributed by atoms with Crippen molar-refractivity contribution in [3.05, 3.63) is 48.0 Å². The van der Waals surface area contributed by atoms with Crippen LogP contribution in [0.15, 0.2) is 41.1 Å². The van der Waals surface area contributed by atoms with Crippen LogP contribution < -0.4 is 10.2 Å². The number of H-pyrrole nitrogens is 1. The molecule has 3 unspecified atom stereocenters. The summed E-state index contributed by atoms with van der Waals surface area (Å²) in [4.78, 5) is 25.1. The molecule has 3 aliphatic heterocycles. The molecule has 3 aromatic rings. The van der Waals surface area contributed by atoms with E-state index in [1.165, 1.54) is 17.4 Å². The van der Waals surface area contributed by atoms with E-state index >= 15 is 0 Å². The molecule has 3 aliphatic rings. The van der Waals surface area contributed by atoms with Gasteiger partial charge in [-0.1, -0.05) is 31.5 Å². The molecule has 2 bridgehead atoms. The summed E-state index contributed by atoms with van der Waals surface area (Å²) >= 11 is 0. The average molecular weight is 408 g/mol. The van der Waals surface area contributed by atoms with Gasteiger partial charge in [0.15, 0.2) is 0 Å². The van der Waals surface area contributed by atoms with Gasteiger partial charge in [0.05, 0.1) is 6.20 Å². The van der Waals surface area contributed by atoms with Gasteiger partial charge in [0, 0.05) is 48.3 Å². The molecule has 7 nitrogen and oxygen atoms in total. The molecule has 158 valence electrons. The van der Waals surface area contributed by atoms with Crippen molar-refractivity contribution < 1.29 is 9.21 Å². The number of rotatable bonds is 7. The van der Waals surface area contributed by atoms with Crippen LogP contribution in [0.3, 0.4) is 0 Å². The van der Waals surface area contributed by atoms with E-state index in [0.717, 1.165) is 37.9 Å². The summed E-state index contributed by atoms with van der Waals surface area (Å²) < 4.78 is 5.85. The first-order valence-corrected chi connectivity index (χ1v) is 10.9. The van der Waals surface area contributed by atoms with E-state index in [9.17, 15) is 4.79 Å². The number of para-hydroxylation sites is 1. The fraction of sp³-hybridized carbons (Fsp3) is 0.478. The Morgan fingerprint density at radius 3 is 2.90 bits per heavy atom. The summed E-state index contributed by atoms with van der Waals surface area (Å²) in [5.74, 6) is 0.101. The fourth-order valence-electron chi connectivity index (χ4n) is 4.87. The van der Waals surface area contributed by atoms with Crippen LogP contribution in [0, 0.1) is 0 Å². The Labute approximate surface area is 176 Å². The number of fused-ring (bicyclic) bond motifs is 3. The minimum Gasteiger partial charge on any atom is -0.418 e. The van der Waals surface area contributed by atoms with Crippen LogP contribution in [-0.4, -0.2) is 59.0 Å². The number of benzene rings is 1. The van der Waals surface area contributed by atoms with Crippen LogP contribution >= 0.6 is 0 Å². The number of likely N-dealkylation sites (N-methyl/N-ethyl adjacent to an activating group) is 1. The summed E-state index contributed by atoms with van der Waals surface area (Å²) in [6.45, 7) is 3.96. The van der Waals surface area contributed by atoms with Gasteiger partial charge in [-0.3, -0.25) is 9.69 Å². The maximum atomic E-state index is 12.9. The number of anilines is 1. The molecule has 0 spiro atoms. The van der Waals surface area contributed by atoms with Crippen molar-refractivity contribution in [2.45, 2.75) is 50.7 Å². The van der Waals surface area contributed by atoms with Gasteiger partial charge in [-0.2, -0.15) is 0 Å². The number of hydrogen-bond acceptors (Lipinski definition) is 5. The van der Waals surface area contributed by atoms with Crippen LogP contribution in [0.4, 0.5) is 6.01 Å².